The Kier molecular flexibility index (Phi) is 3.86. The fourth-order valence-corrected chi connectivity index (χ4v) is 3.96. The Morgan fingerprint density at radius 2 is 1.83 bits per heavy atom. The van der Waals surface area contributed by atoms with Gasteiger partial charge in [0.05, 0.1) is 5.92 Å². The number of carbonyl (C=O) groups is 2. The van der Waals surface area contributed by atoms with Crippen molar-refractivity contribution in [3.05, 3.63) is 29.3 Å². The molecule has 4 rings (SSSR count). The third kappa shape index (κ3) is 2.94. The zero-order valence-corrected chi connectivity index (χ0v) is 14.5. The van der Waals surface area contributed by atoms with Gasteiger partial charge < -0.3 is 10.2 Å². The van der Waals surface area contributed by atoms with Crippen LogP contribution in [0, 0.1) is 31.6 Å². The summed E-state index contributed by atoms with van der Waals surface area (Å²) in [7, 11) is 0. The summed E-state index contributed by atoms with van der Waals surface area (Å²) < 4.78 is 0. The van der Waals surface area contributed by atoms with Gasteiger partial charge in [-0.15, -0.1) is 0 Å². The standard InChI is InChI=1S/C20H26N2O2/c1-12-4-3-5-17(13(12)2)22-11-16(10-18(22)23)20(24)21-19(14-6-7-14)15-8-9-15/h3-5,14-16,19H,6-11H2,1-2H3,(H,21,24). The van der Waals surface area contributed by atoms with Gasteiger partial charge in [0.1, 0.15) is 0 Å². The molecule has 3 fully saturated rings. The second kappa shape index (κ2) is 5.91. The van der Waals surface area contributed by atoms with E-state index >= 15 is 0 Å². The smallest absolute Gasteiger partial charge is 0.227 e. The molecule has 1 aromatic carbocycles. The second-order valence-electron chi connectivity index (χ2n) is 7.83. The first-order valence-corrected chi connectivity index (χ1v) is 9.21. The minimum Gasteiger partial charge on any atom is -0.353 e. The van der Waals surface area contributed by atoms with Crippen molar-refractivity contribution in [3.8, 4) is 0 Å². The summed E-state index contributed by atoms with van der Waals surface area (Å²) in [6, 6.07) is 6.38. The zero-order chi connectivity index (χ0) is 16.8. The van der Waals surface area contributed by atoms with Gasteiger partial charge in [-0.3, -0.25) is 9.59 Å². The van der Waals surface area contributed by atoms with Gasteiger partial charge in [-0.2, -0.15) is 0 Å². The molecule has 128 valence electrons. The van der Waals surface area contributed by atoms with Crippen molar-refractivity contribution in [1.82, 2.24) is 5.32 Å². The van der Waals surface area contributed by atoms with Gasteiger partial charge in [-0.05, 0) is 68.6 Å². The fraction of sp³-hybridized carbons (Fsp3) is 0.600. The minimum atomic E-state index is -0.211. The SMILES string of the molecule is Cc1cccc(N2CC(C(=O)NC(C3CC3)C3CC3)CC2=O)c1C. The molecule has 2 saturated carbocycles. The number of hydrogen-bond acceptors (Lipinski definition) is 2. The topological polar surface area (TPSA) is 49.4 Å². The van der Waals surface area contributed by atoms with Crippen LogP contribution in [-0.4, -0.2) is 24.4 Å². The quantitative estimate of drug-likeness (QED) is 0.904. The van der Waals surface area contributed by atoms with Crippen molar-refractivity contribution in [2.45, 2.75) is 52.0 Å². The molecule has 1 N–H and O–H groups in total. The Hall–Kier alpha value is -1.84. The number of rotatable bonds is 5. The lowest BCUT2D eigenvalue weighted by Gasteiger charge is -2.22. The molecule has 1 unspecified atom stereocenters. The average molecular weight is 326 g/mol. The first-order valence-electron chi connectivity index (χ1n) is 9.21. The molecule has 24 heavy (non-hydrogen) atoms. The molecule has 1 aliphatic heterocycles. The summed E-state index contributed by atoms with van der Waals surface area (Å²) in [4.78, 5) is 27.0. The maximum Gasteiger partial charge on any atom is 0.227 e. The number of hydrogen-bond donors (Lipinski definition) is 1. The van der Waals surface area contributed by atoms with E-state index < -0.39 is 0 Å². The number of anilines is 1. The van der Waals surface area contributed by atoms with Crippen molar-refractivity contribution in [3.63, 3.8) is 0 Å². The molecule has 4 nitrogen and oxygen atoms in total. The Balaban J connectivity index is 1.45. The number of nitrogens with zero attached hydrogens (tertiary/aromatic N) is 1. The van der Waals surface area contributed by atoms with Gasteiger partial charge in [-0.1, -0.05) is 12.1 Å². The summed E-state index contributed by atoms with van der Waals surface area (Å²) in [5, 5.41) is 3.28. The van der Waals surface area contributed by atoms with E-state index in [0.717, 1.165) is 11.3 Å². The Morgan fingerprint density at radius 1 is 1.17 bits per heavy atom. The lowest BCUT2D eigenvalue weighted by Crippen LogP contribution is -2.42. The van der Waals surface area contributed by atoms with E-state index in [4.69, 9.17) is 0 Å². The Labute approximate surface area is 143 Å². The number of carbonyl (C=O) groups excluding carboxylic acids is 2. The highest BCUT2D eigenvalue weighted by molar-refractivity contribution is 6.01. The number of amides is 2. The van der Waals surface area contributed by atoms with E-state index in [1.54, 1.807) is 4.90 Å². The molecule has 1 heterocycles. The average Bonchev–Trinajstić information content (AvgIpc) is 3.46. The summed E-state index contributed by atoms with van der Waals surface area (Å²) in [6.07, 6.45) is 5.33. The van der Waals surface area contributed by atoms with Crippen molar-refractivity contribution in [2.24, 2.45) is 17.8 Å². The third-order valence-electron chi connectivity index (χ3n) is 5.93. The van der Waals surface area contributed by atoms with Crippen molar-refractivity contribution < 1.29 is 9.59 Å². The van der Waals surface area contributed by atoms with Crippen LogP contribution in [0.3, 0.4) is 0 Å². The summed E-state index contributed by atoms with van der Waals surface area (Å²) >= 11 is 0. The van der Waals surface area contributed by atoms with Crippen LogP contribution >= 0.6 is 0 Å². The molecule has 4 heteroatoms. The van der Waals surface area contributed by atoms with Gasteiger partial charge in [0.2, 0.25) is 11.8 Å². The monoisotopic (exact) mass is 326 g/mol. The highest BCUT2D eigenvalue weighted by Crippen LogP contribution is 2.44. The molecule has 3 aliphatic rings. The van der Waals surface area contributed by atoms with E-state index in [9.17, 15) is 9.59 Å². The van der Waals surface area contributed by atoms with Crippen LogP contribution in [0.2, 0.25) is 0 Å². The highest BCUT2D eigenvalue weighted by atomic mass is 16.2. The summed E-state index contributed by atoms with van der Waals surface area (Å²) in [6.45, 7) is 4.61. The first-order chi connectivity index (χ1) is 11.5. The van der Waals surface area contributed by atoms with Crippen molar-refractivity contribution >= 4 is 17.5 Å². The first kappa shape index (κ1) is 15.7. The summed E-state index contributed by atoms with van der Waals surface area (Å²) in [5.74, 6) is 1.32. The van der Waals surface area contributed by atoms with Gasteiger partial charge in [-0.25, -0.2) is 0 Å². The molecule has 1 saturated heterocycles. The molecule has 1 aromatic rings. The molecular formula is C20H26N2O2. The van der Waals surface area contributed by atoms with Crippen molar-refractivity contribution in [1.29, 1.82) is 0 Å². The van der Waals surface area contributed by atoms with Gasteiger partial charge >= 0.3 is 0 Å². The van der Waals surface area contributed by atoms with E-state index in [1.807, 2.05) is 19.1 Å². The van der Waals surface area contributed by atoms with E-state index in [0.29, 0.717) is 30.8 Å². The molecule has 0 spiro atoms. The van der Waals surface area contributed by atoms with E-state index in [2.05, 4.69) is 18.3 Å². The summed E-state index contributed by atoms with van der Waals surface area (Å²) in [5.41, 5.74) is 3.26. The highest BCUT2D eigenvalue weighted by Gasteiger charge is 2.44. The molecule has 2 aliphatic carbocycles. The van der Waals surface area contributed by atoms with E-state index in [-0.39, 0.29) is 17.7 Å². The number of benzene rings is 1. The van der Waals surface area contributed by atoms with Crippen LogP contribution in [-0.2, 0) is 9.59 Å². The van der Waals surface area contributed by atoms with Crippen LogP contribution < -0.4 is 10.2 Å². The minimum absolute atomic E-state index is 0.0678. The van der Waals surface area contributed by atoms with Gasteiger partial charge in [0.15, 0.2) is 0 Å². The maximum atomic E-state index is 12.7. The zero-order valence-electron chi connectivity index (χ0n) is 14.5. The van der Waals surface area contributed by atoms with Crippen LogP contribution in [0.4, 0.5) is 5.69 Å². The van der Waals surface area contributed by atoms with Gasteiger partial charge in [0.25, 0.3) is 0 Å². The van der Waals surface area contributed by atoms with Gasteiger partial charge in [0, 0.05) is 24.7 Å². The third-order valence-corrected chi connectivity index (χ3v) is 5.93. The van der Waals surface area contributed by atoms with Crippen LogP contribution in [0.25, 0.3) is 0 Å². The second-order valence-corrected chi connectivity index (χ2v) is 7.83. The molecule has 0 radical (unpaired) electrons. The van der Waals surface area contributed by atoms with Crippen molar-refractivity contribution in [2.75, 3.05) is 11.4 Å². The largest absolute Gasteiger partial charge is 0.353 e. The number of aryl methyl sites for hydroxylation is 1. The normalized spacial score (nSPS) is 23.9. The van der Waals surface area contributed by atoms with Crippen LogP contribution in [0.1, 0.15) is 43.2 Å². The lowest BCUT2D eigenvalue weighted by molar-refractivity contribution is -0.127. The van der Waals surface area contributed by atoms with Crippen LogP contribution in [0.5, 0.6) is 0 Å². The predicted octanol–water partition coefficient (Wildman–Crippen LogP) is 2.96. The maximum absolute atomic E-state index is 12.7. The molecule has 2 amide bonds. The van der Waals surface area contributed by atoms with E-state index in [1.165, 1.54) is 31.2 Å². The Bertz CT molecular complexity index is 664. The predicted molar refractivity (Wildman–Crippen MR) is 93.8 cm³/mol. The molecule has 0 bridgehead atoms. The molecule has 0 aromatic heterocycles. The lowest BCUT2D eigenvalue weighted by atomic mass is 10.0. The number of nitrogens with one attached hydrogen (secondary N) is 1. The van der Waals surface area contributed by atoms with Crippen LogP contribution in [0.15, 0.2) is 18.2 Å². The Morgan fingerprint density at radius 3 is 2.46 bits per heavy atom. The molecular weight excluding hydrogens is 300 g/mol. The fourth-order valence-electron chi connectivity index (χ4n) is 3.96. The molecule has 1 atom stereocenters.